The highest BCUT2D eigenvalue weighted by Crippen LogP contribution is 2.15. The Bertz CT molecular complexity index is 602. The zero-order chi connectivity index (χ0) is 12.3. The van der Waals surface area contributed by atoms with Crippen LogP contribution in [-0.4, -0.2) is 12.6 Å². The summed E-state index contributed by atoms with van der Waals surface area (Å²) in [6.45, 7) is 4.36. The molecule has 0 bridgehead atoms. The van der Waals surface area contributed by atoms with Crippen molar-refractivity contribution in [3.63, 3.8) is 0 Å². The lowest BCUT2D eigenvalue weighted by atomic mass is 10.1. The van der Waals surface area contributed by atoms with Gasteiger partial charge in [0.1, 0.15) is 0 Å². The molecule has 2 aromatic rings. The summed E-state index contributed by atoms with van der Waals surface area (Å²) in [4.78, 5) is 21.8. The maximum atomic E-state index is 10.9. The first-order valence-corrected chi connectivity index (χ1v) is 5.27. The molecule has 0 aliphatic heterocycles. The molecule has 0 radical (unpaired) electrons. The first-order valence-electron chi connectivity index (χ1n) is 5.27. The maximum Gasteiger partial charge on any atom is 0.213 e. The van der Waals surface area contributed by atoms with Crippen LogP contribution in [0.15, 0.2) is 43.1 Å². The summed E-state index contributed by atoms with van der Waals surface area (Å²) in [5.41, 5.74) is 1.75. The van der Waals surface area contributed by atoms with Gasteiger partial charge in [0.15, 0.2) is 25.3 Å². The van der Waals surface area contributed by atoms with Crippen LogP contribution in [0.25, 0.3) is 10.9 Å². The molecule has 3 nitrogen and oxygen atoms in total. The third kappa shape index (κ3) is 1.99. The summed E-state index contributed by atoms with van der Waals surface area (Å²) in [6.07, 6.45) is 5.11. The third-order valence-electron chi connectivity index (χ3n) is 2.66. The minimum atomic E-state index is 0.413. The second-order valence-corrected chi connectivity index (χ2v) is 3.72. The Kier molecular flexibility index (Phi) is 3.10. The van der Waals surface area contributed by atoms with E-state index >= 15 is 0 Å². The molecule has 17 heavy (non-hydrogen) atoms. The molecular weight excluding hydrogens is 214 g/mol. The van der Waals surface area contributed by atoms with Gasteiger partial charge in [-0.1, -0.05) is 6.58 Å². The normalized spacial score (nSPS) is 10.1. The fraction of sp³-hybridized carbons (Fsp3) is 0.0714. The molecule has 0 unspecified atom stereocenters. The Balaban J connectivity index is 2.77. The number of rotatable bonds is 4. The van der Waals surface area contributed by atoms with Crippen LogP contribution >= 0.6 is 0 Å². The van der Waals surface area contributed by atoms with Crippen molar-refractivity contribution in [3.8, 4) is 0 Å². The van der Waals surface area contributed by atoms with Crippen molar-refractivity contribution in [1.82, 2.24) is 0 Å². The number of benzene rings is 1. The van der Waals surface area contributed by atoms with Gasteiger partial charge < -0.3 is 0 Å². The van der Waals surface area contributed by atoms with Crippen molar-refractivity contribution in [1.29, 1.82) is 0 Å². The highest BCUT2D eigenvalue weighted by atomic mass is 16.1. The summed E-state index contributed by atoms with van der Waals surface area (Å²) in [5.74, 6) is 0. The van der Waals surface area contributed by atoms with E-state index < -0.39 is 0 Å². The van der Waals surface area contributed by atoms with Gasteiger partial charge in [-0.25, -0.2) is 0 Å². The number of pyridine rings is 1. The number of nitrogens with zero attached hydrogens (tertiary/aromatic N) is 1. The van der Waals surface area contributed by atoms with E-state index in [-0.39, 0.29) is 0 Å². The van der Waals surface area contributed by atoms with E-state index in [1.54, 1.807) is 18.2 Å². The molecule has 0 saturated heterocycles. The zero-order valence-electron chi connectivity index (χ0n) is 9.30. The second-order valence-electron chi connectivity index (χ2n) is 3.72. The molecule has 2 rings (SSSR count). The molecule has 0 aliphatic carbocycles. The average molecular weight is 226 g/mol. The molecule has 0 atom stereocenters. The van der Waals surface area contributed by atoms with E-state index in [0.717, 1.165) is 10.9 Å². The van der Waals surface area contributed by atoms with Crippen molar-refractivity contribution < 1.29 is 14.2 Å². The molecule has 0 N–H and O–H groups in total. The summed E-state index contributed by atoms with van der Waals surface area (Å²) in [6, 6.07) is 7.28. The molecule has 1 aromatic heterocycles. The predicted molar refractivity (Wildman–Crippen MR) is 65.1 cm³/mol. The number of aldehydes is 2. The van der Waals surface area contributed by atoms with Gasteiger partial charge in [-0.05, 0) is 18.2 Å². The number of hydrogen-bond donors (Lipinski definition) is 0. The van der Waals surface area contributed by atoms with Crippen molar-refractivity contribution >= 4 is 23.5 Å². The lowest BCUT2D eigenvalue weighted by Crippen LogP contribution is -2.33. The highest BCUT2D eigenvalue weighted by molar-refractivity contribution is 5.96. The van der Waals surface area contributed by atoms with Gasteiger partial charge in [0, 0.05) is 28.6 Å². The van der Waals surface area contributed by atoms with Crippen LogP contribution in [0.5, 0.6) is 0 Å². The fourth-order valence-electron chi connectivity index (χ4n) is 1.85. The van der Waals surface area contributed by atoms with E-state index in [0.29, 0.717) is 30.2 Å². The van der Waals surface area contributed by atoms with E-state index in [4.69, 9.17) is 0 Å². The second kappa shape index (κ2) is 4.70. The molecule has 84 valence electrons. The Labute approximate surface area is 99.0 Å². The van der Waals surface area contributed by atoms with E-state index in [9.17, 15) is 9.59 Å². The van der Waals surface area contributed by atoms with Crippen LogP contribution in [-0.2, 0) is 6.54 Å². The quantitative estimate of drug-likeness (QED) is 0.454. The van der Waals surface area contributed by atoms with Crippen LogP contribution in [0.3, 0.4) is 0 Å². The Morgan fingerprint density at radius 3 is 2.53 bits per heavy atom. The number of allylic oxidation sites excluding steroid dienone is 1. The smallest absolute Gasteiger partial charge is 0.213 e. The van der Waals surface area contributed by atoms with E-state index in [2.05, 4.69) is 6.58 Å². The highest BCUT2D eigenvalue weighted by Gasteiger charge is 2.11. The van der Waals surface area contributed by atoms with Gasteiger partial charge in [0.25, 0.3) is 0 Å². The van der Waals surface area contributed by atoms with Crippen molar-refractivity contribution in [3.05, 3.63) is 54.2 Å². The molecule has 1 heterocycles. The van der Waals surface area contributed by atoms with E-state index in [1.807, 2.05) is 22.9 Å². The third-order valence-corrected chi connectivity index (χ3v) is 2.66. The largest absolute Gasteiger partial charge is 0.298 e. The average Bonchev–Trinajstić information content (AvgIpc) is 2.38. The number of carbonyl (C=O) groups is 2. The molecule has 0 amide bonds. The Morgan fingerprint density at radius 2 is 1.88 bits per heavy atom. The minimum absolute atomic E-state index is 0.413. The van der Waals surface area contributed by atoms with Crippen molar-refractivity contribution in [2.75, 3.05) is 0 Å². The van der Waals surface area contributed by atoms with Crippen LogP contribution in [0.4, 0.5) is 0 Å². The molecule has 3 heteroatoms. The van der Waals surface area contributed by atoms with Gasteiger partial charge in [0.2, 0.25) is 5.52 Å². The van der Waals surface area contributed by atoms with Crippen LogP contribution in [0, 0.1) is 0 Å². The van der Waals surface area contributed by atoms with Gasteiger partial charge >= 0.3 is 0 Å². The van der Waals surface area contributed by atoms with Crippen molar-refractivity contribution in [2.45, 2.75) is 6.54 Å². The first-order chi connectivity index (χ1) is 8.30. The Morgan fingerprint density at radius 1 is 1.18 bits per heavy atom. The first kappa shape index (κ1) is 11.2. The maximum absolute atomic E-state index is 10.9. The number of carbonyl (C=O) groups excluding carboxylic acids is 2. The summed E-state index contributed by atoms with van der Waals surface area (Å²) in [7, 11) is 0. The lowest BCUT2D eigenvalue weighted by molar-refractivity contribution is -0.660. The molecule has 0 spiro atoms. The number of hydrogen-bond acceptors (Lipinski definition) is 2. The Hall–Kier alpha value is -2.29. The minimum Gasteiger partial charge on any atom is -0.298 e. The van der Waals surface area contributed by atoms with Gasteiger partial charge in [0.05, 0.1) is 0 Å². The van der Waals surface area contributed by atoms with E-state index in [1.165, 1.54) is 0 Å². The monoisotopic (exact) mass is 226 g/mol. The molecule has 0 saturated carbocycles. The summed E-state index contributed by atoms with van der Waals surface area (Å²) in [5, 5.41) is 0.932. The summed E-state index contributed by atoms with van der Waals surface area (Å²) < 4.78 is 1.98. The van der Waals surface area contributed by atoms with Gasteiger partial charge in [-0.3, -0.25) is 9.59 Å². The van der Waals surface area contributed by atoms with Crippen LogP contribution < -0.4 is 4.57 Å². The fourth-order valence-corrected chi connectivity index (χ4v) is 1.85. The molecule has 0 aliphatic rings. The van der Waals surface area contributed by atoms with Gasteiger partial charge in [-0.2, -0.15) is 4.57 Å². The summed E-state index contributed by atoms with van der Waals surface area (Å²) >= 11 is 0. The SMILES string of the molecule is C=CC[n+]1cccc2cc(C=O)c(C=O)cc21. The number of aromatic nitrogens is 1. The van der Waals surface area contributed by atoms with Crippen LogP contribution in [0.2, 0.25) is 0 Å². The van der Waals surface area contributed by atoms with Crippen molar-refractivity contribution in [2.24, 2.45) is 0 Å². The van der Waals surface area contributed by atoms with Crippen LogP contribution in [0.1, 0.15) is 20.7 Å². The molecule has 1 aromatic carbocycles. The molecular formula is C14H12NO2+. The zero-order valence-corrected chi connectivity index (χ0v) is 9.30. The standard InChI is InChI=1S/C14H12NO2/c1-2-5-15-6-3-4-11-7-12(9-16)13(10-17)8-14(11)15/h2-4,6-10H,1,5H2/q+1. The van der Waals surface area contributed by atoms with Gasteiger partial charge in [-0.15, -0.1) is 0 Å². The lowest BCUT2D eigenvalue weighted by Gasteiger charge is -2.02. The predicted octanol–water partition coefficient (Wildman–Crippen LogP) is 1.94. The number of fused-ring (bicyclic) bond motifs is 1. The molecule has 0 fully saturated rings. The topological polar surface area (TPSA) is 38.0 Å².